The zero-order chi connectivity index (χ0) is 18.7. The molecule has 1 aliphatic heterocycles. The lowest BCUT2D eigenvalue weighted by atomic mass is 9.91. The van der Waals surface area contributed by atoms with E-state index in [0.717, 1.165) is 25.6 Å². The molecule has 140 valence electrons. The Balaban J connectivity index is 1.96. The number of ether oxygens (including phenoxy) is 1. The van der Waals surface area contributed by atoms with Gasteiger partial charge < -0.3 is 15.4 Å². The van der Waals surface area contributed by atoms with Gasteiger partial charge in [-0.1, -0.05) is 6.92 Å². The maximum atomic E-state index is 13.0. The van der Waals surface area contributed by atoms with E-state index in [2.05, 4.69) is 15.6 Å². The highest BCUT2D eigenvalue weighted by Gasteiger charge is 2.36. The van der Waals surface area contributed by atoms with Crippen LogP contribution >= 0.6 is 0 Å². The van der Waals surface area contributed by atoms with E-state index in [0.29, 0.717) is 0 Å². The molecule has 1 aliphatic rings. The molecule has 25 heavy (non-hydrogen) atoms. The van der Waals surface area contributed by atoms with Crippen LogP contribution in [0.5, 0.6) is 5.88 Å². The van der Waals surface area contributed by atoms with Gasteiger partial charge in [0.15, 0.2) is 0 Å². The van der Waals surface area contributed by atoms with Crippen LogP contribution < -0.4 is 15.4 Å². The van der Waals surface area contributed by atoms with Crippen LogP contribution in [0.1, 0.15) is 32.8 Å². The summed E-state index contributed by atoms with van der Waals surface area (Å²) in [6, 6.07) is 2.13. The van der Waals surface area contributed by atoms with E-state index in [1.807, 2.05) is 6.92 Å². The fourth-order valence-corrected chi connectivity index (χ4v) is 2.77. The maximum Gasteiger partial charge on any atom is 0.421 e. The van der Waals surface area contributed by atoms with Crippen LogP contribution in [0.2, 0.25) is 0 Å². The second-order valence-electron chi connectivity index (χ2n) is 7.06. The van der Waals surface area contributed by atoms with Crippen molar-refractivity contribution in [3.63, 3.8) is 0 Å². The van der Waals surface area contributed by atoms with Crippen molar-refractivity contribution in [2.75, 3.05) is 19.7 Å². The summed E-state index contributed by atoms with van der Waals surface area (Å²) in [6.45, 7) is 6.86. The number of alkyl halides is 3. The monoisotopic (exact) mass is 359 g/mol. The van der Waals surface area contributed by atoms with Crippen LogP contribution in [0.3, 0.4) is 0 Å². The predicted octanol–water partition coefficient (Wildman–Crippen LogP) is 2.62. The fourth-order valence-electron chi connectivity index (χ4n) is 2.77. The topological polar surface area (TPSA) is 63.2 Å². The molecule has 2 N–H and O–H groups in total. The van der Waals surface area contributed by atoms with E-state index in [1.54, 1.807) is 13.8 Å². The molecular formula is C17H24F3N3O2. The first-order chi connectivity index (χ1) is 11.6. The molecule has 0 aromatic carbocycles. The fraction of sp³-hybridized carbons (Fsp3) is 0.647. The molecule has 1 saturated heterocycles. The summed E-state index contributed by atoms with van der Waals surface area (Å²) in [5, 5.41) is 6.08. The Morgan fingerprint density at radius 2 is 2.20 bits per heavy atom. The second kappa shape index (κ2) is 7.59. The molecule has 1 aromatic rings. The number of halogens is 3. The molecule has 2 rings (SSSR count). The van der Waals surface area contributed by atoms with Crippen LogP contribution in [0.15, 0.2) is 18.3 Å². The maximum absolute atomic E-state index is 13.0. The summed E-state index contributed by atoms with van der Waals surface area (Å²) < 4.78 is 44.2. The molecule has 0 saturated carbocycles. The Hall–Kier alpha value is -1.83. The van der Waals surface area contributed by atoms with Gasteiger partial charge in [0.05, 0.1) is 5.54 Å². The van der Waals surface area contributed by atoms with Gasteiger partial charge >= 0.3 is 6.18 Å². The van der Waals surface area contributed by atoms with E-state index < -0.39 is 23.2 Å². The number of rotatable bonds is 6. The number of aromatic nitrogens is 1. The summed E-state index contributed by atoms with van der Waals surface area (Å²) in [5.41, 5.74) is -1.75. The lowest BCUT2D eigenvalue weighted by Crippen LogP contribution is -2.50. The minimum absolute atomic E-state index is 0.117. The van der Waals surface area contributed by atoms with Gasteiger partial charge in [-0.3, -0.25) is 4.79 Å². The van der Waals surface area contributed by atoms with Crippen molar-refractivity contribution in [3.05, 3.63) is 23.9 Å². The van der Waals surface area contributed by atoms with Gasteiger partial charge in [0, 0.05) is 12.1 Å². The number of carbonyl (C=O) groups is 1. The first-order valence-electron chi connectivity index (χ1n) is 8.28. The van der Waals surface area contributed by atoms with Crippen LogP contribution in [-0.2, 0) is 11.0 Å². The molecule has 0 radical (unpaired) electrons. The van der Waals surface area contributed by atoms with Crippen molar-refractivity contribution in [1.82, 2.24) is 15.6 Å². The molecule has 1 fully saturated rings. The van der Waals surface area contributed by atoms with Gasteiger partial charge in [-0.25, -0.2) is 4.98 Å². The lowest BCUT2D eigenvalue weighted by Gasteiger charge is -2.29. The van der Waals surface area contributed by atoms with Crippen molar-refractivity contribution in [2.45, 2.75) is 38.9 Å². The smallest absolute Gasteiger partial charge is 0.421 e. The number of carbonyl (C=O) groups excluding carboxylic acids is 1. The Kier molecular flexibility index (Phi) is 5.92. The van der Waals surface area contributed by atoms with E-state index in [-0.39, 0.29) is 24.3 Å². The molecule has 0 spiro atoms. The largest absolute Gasteiger partial charge is 0.475 e. The van der Waals surface area contributed by atoms with Gasteiger partial charge in [0.25, 0.3) is 0 Å². The average Bonchev–Trinajstić information content (AvgIpc) is 3.05. The molecule has 2 atom stereocenters. The summed E-state index contributed by atoms with van der Waals surface area (Å²) >= 11 is 0. The first-order valence-corrected chi connectivity index (χ1v) is 8.28. The van der Waals surface area contributed by atoms with Crippen molar-refractivity contribution in [1.29, 1.82) is 0 Å². The molecule has 1 amide bonds. The van der Waals surface area contributed by atoms with Gasteiger partial charge in [0.1, 0.15) is 12.2 Å². The number of hydrogen-bond donors (Lipinski definition) is 2. The quantitative estimate of drug-likeness (QED) is 0.820. The standard InChI is InChI=1S/C17H24F3N3O2/c1-11(12-6-8-21-9-12)14(24)23-16(2,3)10-25-15-13(17(18,19)20)5-4-7-22-15/h4-5,7,11-12,21H,6,8-10H2,1-3H3,(H,23,24)/t11-,12?/m0/s1. The molecule has 8 heteroatoms. The molecule has 1 aromatic heterocycles. The van der Waals surface area contributed by atoms with E-state index >= 15 is 0 Å². The predicted molar refractivity (Wildman–Crippen MR) is 87.1 cm³/mol. The van der Waals surface area contributed by atoms with Crippen LogP contribution in [0.4, 0.5) is 13.2 Å². The van der Waals surface area contributed by atoms with E-state index in [9.17, 15) is 18.0 Å². The summed E-state index contributed by atoms with van der Waals surface area (Å²) in [7, 11) is 0. The van der Waals surface area contributed by atoms with E-state index in [4.69, 9.17) is 4.74 Å². The third-order valence-corrected chi connectivity index (χ3v) is 4.33. The molecule has 2 heterocycles. The number of amides is 1. The third-order valence-electron chi connectivity index (χ3n) is 4.33. The summed E-state index contributed by atoms with van der Waals surface area (Å²) in [5.74, 6) is -0.510. The third kappa shape index (κ3) is 5.32. The minimum Gasteiger partial charge on any atom is -0.475 e. The van der Waals surface area contributed by atoms with Crippen LogP contribution in [-0.4, -0.2) is 36.1 Å². The average molecular weight is 359 g/mol. The highest BCUT2D eigenvalue weighted by Crippen LogP contribution is 2.34. The van der Waals surface area contributed by atoms with E-state index in [1.165, 1.54) is 12.3 Å². The number of pyridine rings is 1. The highest BCUT2D eigenvalue weighted by molar-refractivity contribution is 5.79. The minimum atomic E-state index is -4.54. The number of nitrogens with zero attached hydrogens (tertiary/aromatic N) is 1. The van der Waals surface area contributed by atoms with Gasteiger partial charge in [-0.15, -0.1) is 0 Å². The molecule has 0 bridgehead atoms. The number of nitrogens with one attached hydrogen (secondary N) is 2. The van der Waals surface area contributed by atoms with Crippen molar-refractivity contribution in [3.8, 4) is 5.88 Å². The first kappa shape index (κ1) is 19.5. The second-order valence-corrected chi connectivity index (χ2v) is 7.06. The van der Waals surface area contributed by atoms with Crippen LogP contribution in [0.25, 0.3) is 0 Å². The van der Waals surface area contributed by atoms with Crippen molar-refractivity contribution < 1.29 is 22.7 Å². The Morgan fingerprint density at radius 3 is 2.80 bits per heavy atom. The Bertz CT molecular complexity index is 599. The zero-order valence-corrected chi connectivity index (χ0v) is 14.6. The summed E-state index contributed by atoms with van der Waals surface area (Å²) in [4.78, 5) is 16.1. The van der Waals surface area contributed by atoms with Crippen molar-refractivity contribution >= 4 is 5.91 Å². The SMILES string of the molecule is C[C@H](C(=O)NC(C)(C)COc1ncccc1C(F)(F)F)C1CCNC1. The highest BCUT2D eigenvalue weighted by atomic mass is 19.4. The molecule has 5 nitrogen and oxygen atoms in total. The summed E-state index contributed by atoms with van der Waals surface area (Å²) in [6.07, 6.45) is -2.36. The van der Waals surface area contributed by atoms with Gasteiger partial charge in [-0.2, -0.15) is 13.2 Å². The zero-order valence-electron chi connectivity index (χ0n) is 14.6. The van der Waals surface area contributed by atoms with Crippen LogP contribution in [0, 0.1) is 11.8 Å². The normalized spacial score (nSPS) is 19.5. The van der Waals surface area contributed by atoms with Gasteiger partial charge in [-0.05, 0) is 51.4 Å². The lowest BCUT2D eigenvalue weighted by molar-refractivity contribution is -0.139. The molecular weight excluding hydrogens is 335 g/mol. The number of hydrogen-bond acceptors (Lipinski definition) is 4. The Morgan fingerprint density at radius 1 is 1.48 bits per heavy atom. The Labute approximate surface area is 145 Å². The van der Waals surface area contributed by atoms with Crippen molar-refractivity contribution in [2.24, 2.45) is 11.8 Å². The molecule has 0 aliphatic carbocycles. The van der Waals surface area contributed by atoms with Gasteiger partial charge in [0.2, 0.25) is 11.8 Å². The molecule has 1 unspecified atom stereocenters.